The van der Waals surface area contributed by atoms with Crippen LogP contribution in [0.5, 0.6) is 5.75 Å². The molecule has 0 saturated carbocycles. The van der Waals surface area contributed by atoms with Crippen LogP contribution in [0.25, 0.3) is 23.0 Å². The molecule has 36 heavy (non-hydrogen) atoms. The molecule has 0 aliphatic carbocycles. The Bertz CT molecular complexity index is 1300. The van der Waals surface area contributed by atoms with Crippen LogP contribution in [0, 0.1) is 0 Å². The summed E-state index contributed by atoms with van der Waals surface area (Å²) in [7, 11) is 0. The Labute approximate surface area is 215 Å². The van der Waals surface area contributed by atoms with Crippen LogP contribution in [0.2, 0.25) is 0 Å². The molecule has 2 aromatic carbocycles. The number of nitrogens with zero attached hydrogens (tertiary/aromatic N) is 4. The Kier molecular flexibility index (Phi) is 7.06. The third kappa shape index (κ3) is 5.29. The zero-order valence-corrected chi connectivity index (χ0v) is 21.1. The van der Waals surface area contributed by atoms with E-state index in [1.54, 1.807) is 6.08 Å². The largest absolute Gasteiger partial charge is 0.490 e. The van der Waals surface area contributed by atoms with E-state index in [0.29, 0.717) is 24.6 Å². The van der Waals surface area contributed by atoms with E-state index in [9.17, 15) is 4.79 Å². The molecule has 0 unspecified atom stereocenters. The summed E-state index contributed by atoms with van der Waals surface area (Å²) in [6.07, 6.45) is 5.74. The number of aromatic nitrogens is 2. The van der Waals surface area contributed by atoms with Gasteiger partial charge in [-0.1, -0.05) is 30.9 Å². The van der Waals surface area contributed by atoms with Gasteiger partial charge >= 0.3 is 0 Å². The van der Waals surface area contributed by atoms with Crippen molar-refractivity contribution in [3.63, 3.8) is 0 Å². The number of morpholine rings is 1. The Morgan fingerprint density at radius 1 is 1.11 bits per heavy atom. The molecule has 0 spiro atoms. The molecule has 8 heteroatoms. The number of para-hydroxylation sites is 1. The zero-order chi connectivity index (χ0) is 25.1. The van der Waals surface area contributed by atoms with Gasteiger partial charge in [0.2, 0.25) is 0 Å². The summed E-state index contributed by atoms with van der Waals surface area (Å²) in [5, 5.41) is 5.60. The van der Waals surface area contributed by atoms with Gasteiger partial charge < -0.3 is 14.4 Å². The number of carbonyl (C=O) groups excluding carboxylic acids is 1. The van der Waals surface area contributed by atoms with Gasteiger partial charge in [0.15, 0.2) is 5.17 Å². The van der Waals surface area contributed by atoms with E-state index in [1.807, 2.05) is 85.4 Å². The predicted molar refractivity (Wildman–Crippen MR) is 144 cm³/mol. The summed E-state index contributed by atoms with van der Waals surface area (Å²) in [4.78, 5) is 20.0. The molecular formula is C28H28N4O3S. The van der Waals surface area contributed by atoms with Crippen LogP contribution in [0.4, 0.5) is 0 Å². The molecule has 2 aliphatic rings. The number of carbonyl (C=O) groups is 1. The van der Waals surface area contributed by atoms with Gasteiger partial charge in [0, 0.05) is 30.4 Å². The molecular weight excluding hydrogens is 472 g/mol. The first kappa shape index (κ1) is 24.1. The molecule has 0 N–H and O–H groups in total. The molecule has 0 radical (unpaired) electrons. The molecule has 1 saturated heterocycles. The highest BCUT2D eigenvalue weighted by Crippen LogP contribution is 2.34. The molecule has 2 aliphatic heterocycles. The molecule has 0 bridgehead atoms. The molecule has 5 rings (SSSR count). The second kappa shape index (κ2) is 10.6. The van der Waals surface area contributed by atoms with E-state index < -0.39 is 0 Å². The highest BCUT2D eigenvalue weighted by molar-refractivity contribution is 8.18. The van der Waals surface area contributed by atoms with Gasteiger partial charge in [-0.15, -0.1) is 0 Å². The first-order valence-corrected chi connectivity index (χ1v) is 12.7. The molecule has 3 heterocycles. The van der Waals surface area contributed by atoms with E-state index in [0.717, 1.165) is 33.4 Å². The third-order valence-corrected chi connectivity index (χ3v) is 6.89. The number of ether oxygens (including phenoxy) is 2. The van der Waals surface area contributed by atoms with E-state index in [1.165, 1.54) is 11.8 Å². The topological polar surface area (TPSA) is 68.9 Å². The Hall–Kier alpha value is -3.62. The van der Waals surface area contributed by atoms with Gasteiger partial charge in [0.1, 0.15) is 12.4 Å². The van der Waals surface area contributed by atoms with Crippen molar-refractivity contribution in [2.24, 2.45) is 4.99 Å². The average molecular weight is 501 g/mol. The number of hydrogen-bond acceptors (Lipinski definition) is 6. The van der Waals surface area contributed by atoms with Gasteiger partial charge in [-0.05, 0) is 68.1 Å². The quantitative estimate of drug-likeness (QED) is 0.343. The van der Waals surface area contributed by atoms with Crippen LogP contribution < -0.4 is 4.74 Å². The van der Waals surface area contributed by atoms with Crippen LogP contribution in [0.3, 0.4) is 0 Å². The Morgan fingerprint density at radius 3 is 2.53 bits per heavy atom. The van der Waals surface area contributed by atoms with E-state index in [-0.39, 0.29) is 18.1 Å². The number of hydrogen-bond donors (Lipinski definition) is 0. The minimum atomic E-state index is -0.228. The number of aliphatic imine (C=N–C) groups is 1. The summed E-state index contributed by atoms with van der Waals surface area (Å²) in [6.45, 7) is 9.65. The average Bonchev–Trinajstić information content (AvgIpc) is 3.47. The fourth-order valence-corrected chi connectivity index (χ4v) is 5.23. The molecule has 3 aromatic rings. The van der Waals surface area contributed by atoms with Crippen LogP contribution >= 0.6 is 11.8 Å². The van der Waals surface area contributed by atoms with Gasteiger partial charge in [0.05, 0.1) is 28.5 Å². The fraction of sp³-hybridized carbons (Fsp3) is 0.250. The molecule has 2 atom stereocenters. The van der Waals surface area contributed by atoms with Crippen molar-refractivity contribution >= 4 is 28.9 Å². The molecule has 7 nitrogen and oxygen atoms in total. The standard InChI is InChI=1S/C28H28N4O3S/c1-4-14-34-24-12-10-21(11-13-24)26-22(18-32(30-26)23-8-6-5-7-9-23)15-25-27(33)29-28(36-25)31-16-19(2)35-20(3)17-31/h4-13,15,18-20H,1,14,16-17H2,2-3H3/b25-15+/t19-,20-/m0/s1. The molecule has 184 valence electrons. The van der Waals surface area contributed by atoms with Crippen LogP contribution in [-0.2, 0) is 9.53 Å². The zero-order valence-electron chi connectivity index (χ0n) is 20.3. The first-order chi connectivity index (χ1) is 17.5. The third-order valence-electron chi connectivity index (χ3n) is 5.84. The maximum absolute atomic E-state index is 12.9. The van der Waals surface area contributed by atoms with Crippen molar-refractivity contribution < 1.29 is 14.3 Å². The second-order valence-corrected chi connectivity index (χ2v) is 9.82. The summed E-state index contributed by atoms with van der Waals surface area (Å²) < 4.78 is 13.3. The minimum absolute atomic E-state index is 0.0920. The summed E-state index contributed by atoms with van der Waals surface area (Å²) >= 11 is 1.41. The summed E-state index contributed by atoms with van der Waals surface area (Å²) in [5.41, 5.74) is 3.48. The second-order valence-electron chi connectivity index (χ2n) is 8.81. The normalized spacial score (nSPS) is 21.1. The lowest BCUT2D eigenvalue weighted by Gasteiger charge is -2.35. The van der Waals surface area contributed by atoms with Crippen LogP contribution in [0.1, 0.15) is 19.4 Å². The lowest BCUT2D eigenvalue weighted by atomic mass is 10.1. The van der Waals surface area contributed by atoms with Crippen molar-refractivity contribution in [2.75, 3.05) is 19.7 Å². The maximum atomic E-state index is 12.9. The van der Waals surface area contributed by atoms with Crippen molar-refractivity contribution in [1.82, 2.24) is 14.7 Å². The van der Waals surface area contributed by atoms with Crippen LogP contribution in [-0.4, -0.2) is 57.7 Å². The van der Waals surface area contributed by atoms with Crippen molar-refractivity contribution in [3.8, 4) is 22.7 Å². The van der Waals surface area contributed by atoms with E-state index in [2.05, 4.69) is 16.5 Å². The van der Waals surface area contributed by atoms with Gasteiger partial charge in [-0.2, -0.15) is 10.1 Å². The summed E-state index contributed by atoms with van der Waals surface area (Å²) in [6, 6.07) is 17.7. The molecule has 1 aromatic heterocycles. The van der Waals surface area contributed by atoms with Crippen molar-refractivity contribution in [3.05, 3.63) is 83.9 Å². The first-order valence-electron chi connectivity index (χ1n) is 11.9. The number of benzene rings is 2. The van der Waals surface area contributed by atoms with Gasteiger partial charge in [0.25, 0.3) is 5.91 Å². The smallest absolute Gasteiger partial charge is 0.286 e. The number of amidine groups is 1. The fourth-order valence-electron chi connectivity index (χ4n) is 4.30. The number of thioether (sulfide) groups is 1. The van der Waals surface area contributed by atoms with Gasteiger partial charge in [-0.3, -0.25) is 4.79 Å². The maximum Gasteiger partial charge on any atom is 0.286 e. The lowest BCUT2D eigenvalue weighted by Crippen LogP contribution is -2.47. The van der Waals surface area contributed by atoms with Crippen molar-refractivity contribution in [1.29, 1.82) is 0 Å². The predicted octanol–water partition coefficient (Wildman–Crippen LogP) is 5.18. The molecule has 1 amide bonds. The monoisotopic (exact) mass is 500 g/mol. The Balaban J connectivity index is 1.46. The highest BCUT2D eigenvalue weighted by Gasteiger charge is 2.31. The van der Waals surface area contributed by atoms with E-state index >= 15 is 0 Å². The van der Waals surface area contributed by atoms with Crippen molar-refractivity contribution in [2.45, 2.75) is 26.1 Å². The number of amides is 1. The minimum Gasteiger partial charge on any atom is -0.490 e. The van der Waals surface area contributed by atoms with E-state index in [4.69, 9.17) is 14.6 Å². The highest BCUT2D eigenvalue weighted by atomic mass is 32.2. The van der Waals surface area contributed by atoms with Gasteiger partial charge in [-0.25, -0.2) is 4.68 Å². The summed E-state index contributed by atoms with van der Waals surface area (Å²) in [5.74, 6) is 0.531. The van der Waals surface area contributed by atoms with Crippen LogP contribution in [0.15, 0.2) is 83.3 Å². The number of rotatable bonds is 6. The molecule has 1 fully saturated rings. The Morgan fingerprint density at radius 2 is 1.83 bits per heavy atom. The SMILES string of the molecule is C=CCOc1ccc(-c2nn(-c3ccccc3)cc2/C=C2/SC(N3C[C@H](C)O[C@@H](C)C3)=NC2=O)cc1. The lowest BCUT2D eigenvalue weighted by molar-refractivity contribution is -0.113.